The van der Waals surface area contributed by atoms with E-state index in [-0.39, 0.29) is 32.6 Å². The molecule has 0 radical (unpaired) electrons. The Kier molecular flexibility index (Phi) is 62.9. The smallest absolute Gasteiger partial charge is 0.412 e. The third-order valence-electron chi connectivity index (χ3n) is 1.28. The highest BCUT2D eigenvalue weighted by atomic mass is 28.4. The molecule has 0 saturated carbocycles. The first-order valence-corrected chi connectivity index (χ1v) is 9.93. The summed E-state index contributed by atoms with van der Waals surface area (Å²) in [6, 6.07) is 0. The Morgan fingerprint density at radius 3 is 0.808 bits per heavy atom. The second kappa shape index (κ2) is 32.6. The molecule has 0 heterocycles. The van der Waals surface area contributed by atoms with Gasteiger partial charge in [-0.05, 0) is 27.7 Å². The average molecular weight is 435 g/mol. The molecule has 14 heteroatoms. The van der Waals surface area contributed by atoms with Gasteiger partial charge in [0.1, 0.15) is 0 Å². The molecule has 0 aliphatic rings. The second-order valence-electron chi connectivity index (χ2n) is 3.24. The minimum absolute atomic E-state index is 0. The molecule has 0 bridgehead atoms. The summed E-state index contributed by atoms with van der Waals surface area (Å²) in [5.74, 6) is 0. The summed E-state index contributed by atoms with van der Waals surface area (Å²) in [6.45, 7) is 9.80. The Hall–Kier alpha value is -0.0462. The van der Waals surface area contributed by atoms with Gasteiger partial charge >= 0.3 is 18.1 Å². The van der Waals surface area contributed by atoms with Gasteiger partial charge in [0.15, 0.2) is 0 Å². The van der Waals surface area contributed by atoms with Gasteiger partial charge in [-0.1, -0.05) is 14.9 Å². The minimum atomic E-state index is -4.61. The third kappa shape index (κ3) is 49.6. The fourth-order valence-electron chi connectivity index (χ4n) is 0.957. The molecule has 0 rings (SSSR count). The monoisotopic (exact) mass is 434 g/mol. The molecule has 12 nitrogen and oxygen atoms in total. The van der Waals surface area contributed by atoms with Crippen molar-refractivity contribution in [2.24, 2.45) is 0 Å². The van der Waals surface area contributed by atoms with Crippen LogP contribution in [-0.4, -0.2) is 83.4 Å². The standard InChI is InChI=1S/C8H20O4Si.C2H6O.2CH4.2H3N.H4O4Si.H2O/c1-5-9-13(10-6-2,11-7-3)12-8-4;1-3-2;;;;;1-5(2,3)4;/h5-8H2,1-4H3;1-2H3;2*1H4;2*1H3;1-4H;1H2. The van der Waals surface area contributed by atoms with Crippen LogP contribution in [0.25, 0.3) is 0 Å². The molecular weight excluding hydrogens is 388 g/mol. The molecule has 0 aromatic carbocycles. The van der Waals surface area contributed by atoms with Crippen LogP contribution in [0, 0.1) is 0 Å². The highest BCUT2D eigenvalue weighted by Crippen LogP contribution is 2.11. The second-order valence-corrected chi connectivity index (χ2v) is 6.59. The third-order valence-corrected chi connectivity index (χ3v) is 3.85. The van der Waals surface area contributed by atoms with Gasteiger partial charge in [-0.2, -0.15) is 0 Å². The molecular formula is C12H46N2O10Si2. The van der Waals surface area contributed by atoms with E-state index in [1.165, 1.54) is 0 Å². The Bertz CT molecular complexity index is 179. The van der Waals surface area contributed by atoms with Gasteiger partial charge in [-0.3, -0.25) is 0 Å². The van der Waals surface area contributed by atoms with Crippen LogP contribution in [0.5, 0.6) is 0 Å². The van der Waals surface area contributed by atoms with E-state index in [9.17, 15) is 0 Å². The summed E-state index contributed by atoms with van der Waals surface area (Å²) in [6.07, 6.45) is 0. The largest absolute Gasteiger partial charge is 0.679 e. The van der Waals surface area contributed by atoms with E-state index in [4.69, 9.17) is 36.9 Å². The van der Waals surface area contributed by atoms with Gasteiger partial charge < -0.3 is 59.4 Å². The fourth-order valence-corrected chi connectivity index (χ4v) is 2.87. The van der Waals surface area contributed by atoms with E-state index in [0.717, 1.165) is 0 Å². The van der Waals surface area contributed by atoms with Crippen LogP contribution in [0.15, 0.2) is 0 Å². The minimum Gasteiger partial charge on any atom is -0.412 e. The zero-order valence-electron chi connectivity index (χ0n) is 15.6. The quantitative estimate of drug-likeness (QED) is 0.278. The topological polar surface area (TPSA) is 229 Å². The molecule has 0 spiro atoms. The zero-order chi connectivity index (χ0) is 17.4. The van der Waals surface area contributed by atoms with Crippen molar-refractivity contribution in [3.8, 4) is 0 Å². The summed E-state index contributed by atoms with van der Waals surface area (Å²) in [7, 11) is -4.16. The lowest BCUT2D eigenvalue weighted by atomic mass is 10.9. The summed E-state index contributed by atoms with van der Waals surface area (Å²) in [5, 5.41) is 0. The Morgan fingerprint density at radius 2 is 0.731 bits per heavy atom. The van der Waals surface area contributed by atoms with Crippen LogP contribution in [0.3, 0.4) is 0 Å². The maximum absolute atomic E-state index is 7.33. The van der Waals surface area contributed by atoms with Crippen LogP contribution >= 0.6 is 0 Å². The van der Waals surface area contributed by atoms with E-state index < -0.39 is 18.1 Å². The van der Waals surface area contributed by atoms with Crippen molar-refractivity contribution in [1.29, 1.82) is 0 Å². The summed E-state index contributed by atoms with van der Waals surface area (Å²) in [5.41, 5.74) is 0. The first kappa shape index (κ1) is 50.1. The molecule has 0 aromatic heterocycles. The normalized spacial score (nSPS) is 9.00. The average Bonchev–Trinajstić information content (AvgIpc) is 2.29. The molecule has 0 fully saturated rings. The first-order chi connectivity index (χ1) is 9.66. The molecule has 0 unspecified atom stereocenters. The number of rotatable bonds is 8. The molecule has 0 saturated heterocycles. The van der Waals surface area contributed by atoms with Crippen molar-refractivity contribution in [3.63, 3.8) is 0 Å². The molecule has 172 valence electrons. The van der Waals surface area contributed by atoms with Gasteiger partial charge in [-0.15, -0.1) is 0 Å². The maximum Gasteiger partial charge on any atom is 0.679 e. The van der Waals surface area contributed by atoms with E-state index in [0.29, 0.717) is 26.4 Å². The van der Waals surface area contributed by atoms with E-state index in [1.54, 1.807) is 14.2 Å². The van der Waals surface area contributed by atoms with Crippen molar-refractivity contribution < 1.29 is 47.1 Å². The van der Waals surface area contributed by atoms with Crippen LogP contribution < -0.4 is 12.3 Å². The number of hydrogen-bond donors (Lipinski definition) is 6. The molecule has 0 aliphatic carbocycles. The molecule has 0 atom stereocenters. The molecule has 26 heavy (non-hydrogen) atoms. The number of hydrogen-bond acceptors (Lipinski definition) is 11. The molecule has 0 aromatic rings. The van der Waals surface area contributed by atoms with Crippen molar-refractivity contribution in [2.45, 2.75) is 42.5 Å². The van der Waals surface area contributed by atoms with Crippen molar-refractivity contribution in [3.05, 3.63) is 0 Å². The van der Waals surface area contributed by atoms with Crippen molar-refractivity contribution in [1.82, 2.24) is 12.3 Å². The van der Waals surface area contributed by atoms with Crippen LogP contribution in [-0.2, 0) is 22.4 Å². The van der Waals surface area contributed by atoms with Gasteiger partial charge in [0.2, 0.25) is 0 Å². The van der Waals surface area contributed by atoms with Gasteiger partial charge in [0.25, 0.3) is 0 Å². The first-order valence-electron chi connectivity index (χ1n) is 6.51. The highest BCUT2D eigenvalue weighted by Gasteiger charge is 2.44. The van der Waals surface area contributed by atoms with Gasteiger partial charge in [-0.25, -0.2) is 0 Å². The number of ether oxygens (including phenoxy) is 1. The molecule has 12 N–H and O–H groups in total. The predicted octanol–water partition coefficient (Wildman–Crippen LogP) is -0.00670. The molecule has 0 aliphatic heterocycles. The lowest BCUT2D eigenvalue weighted by molar-refractivity contribution is -0.0247. The van der Waals surface area contributed by atoms with Gasteiger partial charge in [0, 0.05) is 40.6 Å². The van der Waals surface area contributed by atoms with Crippen LogP contribution in [0.2, 0.25) is 0 Å². The summed E-state index contributed by atoms with van der Waals surface area (Å²) >= 11 is 0. The Labute approximate surface area is 161 Å². The summed E-state index contributed by atoms with van der Waals surface area (Å²) in [4.78, 5) is 29.3. The van der Waals surface area contributed by atoms with Crippen LogP contribution in [0.4, 0.5) is 0 Å². The highest BCUT2D eigenvalue weighted by molar-refractivity contribution is 6.53. The van der Waals surface area contributed by atoms with Crippen molar-refractivity contribution >= 4 is 18.1 Å². The SMILES string of the molecule is C.C.CCO[Si](OCC)(OCC)OCC.COC.N.N.O.O[Si](O)(O)O. The summed E-state index contributed by atoms with van der Waals surface area (Å²) < 4.78 is 25.9. The van der Waals surface area contributed by atoms with E-state index >= 15 is 0 Å². The molecule has 0 amide bonds. The lowest BCUT2D eigenvalue weighted by Gasteiger charge is -2.26. The maximum atomic E-state index is 7.33. The zero-order valence-corrected chi connectivity index (χ0v) is 17.6. The predicted molar refractivity (Wildman–Crippen MR) is 107 cm³/mol. The van der Waals surface area contributed by atoms with Crippen LogP contribution in [0.1, 0.15) is 42.5 Å². The lowest BCUT2D eigenvalue weighted by Crippen LogP contribution is -2.49. The number of methoxy groups -OCH3 is 1. The van der Waals surface area contributed by atoms with Crippen molar-refractivity contribution in [2.75, 3.05) is 40.6 Å². The Morgan fingerprint density at radius 1 is 0.615 bits per heavy atom. The van der Waals surface area contributed by atoms with E-state index in [2.05, 4.69) is 4.74 Å². The Balaban J connectivity index is -0.0000000360. The van der Waals surface area contributed by atoms with E-state index in [1.807, 2.05) is 27.7 Å². The van der Waals surface area contributed by atoms with Gasteiger partial charge in [0.05, 0.1) is 0 Å². The fraction of sp³-hybridized carbons (Fsp3) is 1.00.